The van der Waals surface area contributed by atoms with Crippen LogP contribution in [-0.4, -0.2) is 21.3 Å². The molecule has 2 rings (SSSR count). The average molecular weight is 230 g/mol. The first-order chi connectivity index (χ1) is 8.22. The highest BCUT2D eigenvalue weighted by atomic mass is 15.3. The predicted molar refractivity (Wildman–Crippen MR) is 68.6 cm³/mol. The van der Waals surface area contributed by atoms with Gasteiger partial charge in [0.15, 0.2) is 5.82 Å². The van der Waals surface area contributed by atoms with Gasteiger partial charge in [0.1, 0.15) is 6.33 Å². The lowest BCUT2D eigenvalue weighted by molar-refractivity contribution is 0.604. The van der Waals surface area contributed by atoms with Crippen molar-refractivity contribution in [1.82, 2.24) is 14.8 Å². The zero-order valence-electron chi connectivity index (χ0n) is 10.3. The van der Waals surface area contributed by atoms with Crippen molar-refractivity contribution in [2.45, 2.75) is 26.3 Å². The maximum atomic E-state index is 5.53. The van der Waals surface area contributed by atoms with Crippen molar-refractivity contribution in [3.8, 4) is 11.4 Å². The highest BCUT2D eigenvalue weighted by Gasteiger charge is 2.09. The molecule has 2 N–H and O–H groups in total. The van der Waals surface area contributed by atoms with Crippen LogP contribution in [0.2, 0.25) is 0 Å². The molecular formula is C13H18N4. The van der Waals surface area contributed by atoms with Gasteiger partial charge in [0.05, 0.1) is 0 Å². The van der Waals surface area contributed by atoms with Crippen LogP contribution in [0, 0.1) is 0 Å². The summed E-state index contributed by atoms with van der Waals surface area (Å²) in [7, 11) is 0. The van der Waals surface area contributed by atoms with Crippen LogP contribution in [0.25, 0.3) is 11.4 Å². The van der Waals surface area contributed by atoms with Gasteiger partial charge in [-0.2, -0.15) is 0 Å². The van der Waals surface area contributed by atoms with E-state index in [4.69, 9.17) is 5.73 Å². The van der Waals surface area contributed by atoms with E-state index in [1.807, 2.05) is 0 Å². The molecular weight excluding hydrogens is 212 g/mol. The molecule has 90 valence electrons. The van der Waals surface area contributed by atoms with E-state index in [-0.39, 0.29) is 0 Å². The summed E-state index contributed by atoms with van der Waals surface area (Å²) >= 11 is 0. The molecule has 4 heteroatoms. The summed E-state index contributed by atoms with van der Waals surface area (Å²) in [6.45, 7) is 4.92. The Labute approximate surface area is 101 Å². The van der Waals surface area contributed by atoms with Crippen LogP contribution < -0.4 is 5.73 Å². The van der Waals surface area contributed by atoms with Gasteiger partial charge in [0.25, 0.3) is 0 Å². The van der Waals surface area contributed by atoms with Gasteiger partial charge in [0.2, 0.25) is 0 Å². The van der Waals surface area contributed by atoms with E-state index in [1.54, 1.807) is 6.33 Å². The Morgan fingerprint density at radius 2 is 1.94 bits per heavy atom. The number of benzene rings is 1. The smallest absolute Gasteiger partial charge is 0.163 e. The van der Waals surface area contributed by atoms with E-state index in [0.29, 0.717) is 12.6 Å². The number of nitrogens with two attached hydrogens (primary N) is 1. The molecule has 0 fully saturated rings. The molecule has 1 aromatic carbocycles. The topological polar surface area (TPSA) is 56.7 Å². The van der Waals surface area contributed by atoms with E-state index < -0.39 is 0 Å². The quantitative estimate of drug-likeness (QED) is 0.874. The maximum Gasteiger partial charge on any atom is 0.163 e. The molecule has 0 radical (unpaired) electrons. The van der Waals surface area contributed by atoms with Gasteiger partial charge in [-0.05, 0) is 32.4 Å². The second-order valence-electron chi connectivity index (χ2n) is 4.39. The van der Waals surface area contributed by atoms with Crippen LogP contribution in [0.15, 0.2) is 30.6 Å². The zero-order valence-corrected chi connectivity index (χ0v) is 10.3. The van der Waals surface area contributed by atoms with Gasteiger partial charge in [0, 0.05) is 11.6 Å². The predicted octanol–water partition coefficient (Wildman–Crippen LogP) is 2.03. The Morgan fingerprint density at radius 1 is 1.24 bits per heavy atom. The third kappa shape index (κ3) is 2.53. The summed E-state index contributed by atoms with van der Waals surface area (Å²) in [4.78, 5) is 0. The van der Waals surface area contributed by atoms with Crippen molar-refractivity contribution in [3.05, 3.63) is 36.2 Å². The summed E-state index contributed by atoms with van der Waals surface area (Å²) in [6, 6.07) is 8.72. The SMILES string of the molecule is CC(C)n1cnnc1-c1ccc(CCN)cc1. The zero-order chi connectivity index (χ0) is 12.3. The standard InChI is InChI=1S/C13H18N4/c1-10(2)17-9-15-16-13(17)12-5-3-11(4-6-12)7-8-14/h3-6,9-10H,7-8,14H2,1-2H3. The summed E-state index contributed by atoms with van der Waals surface area (Å²) in [5.41, 5.74) is 7.88. The molecule has 0 bridgehead atoms. The Morgan fingerprint density at radius 3 is 2.53 bits per heavy atom. The Bertz CT molecular complexity index is 470. The van der Waals surface area contributed by atoms with Gasteiger partial charge in [-0.1, -0.05) is 24.3 Å². The van der Waals surface area contributed by atoms with Crippen LogP contribution in [0.3, 0.4) is 0 Å². The highest BCUT2D eigenvalue weighted by molar-refractivity contribution is 5.55. The maximum absolute atomic E-state index is 5.53. The average Bonchev–Trinajstić information content (AvgIpc) is 2.79. The fourth-order valence-electron chi connectivity index (χ4n) is 1.81. The van der Waals surface area contributed by atoms with Crippen LogP contribution >= 0.6 is 0 Å². The molecule has 0 saturated heterocycles. The number of rotatable bonds is 4. The second-order valence-corrected chi connectivity index (χ2v) is 4.39. The summed E-state index contributed by atoms with van der Waals surface area (Å²) in [5, 5.41) is 8.14. The Balaban J connectivity index is 2.30. The second kappa shape index (κ2) is 5.10. The van der Waals surface area contributed by atoms with Gasteiger partial charge in [-0.15, -0.1) is 10.2 Å². The minimum Gasteiger partial charge on any atom is -0.330 e. The first kappa shape index (κ1) is 11.8. The molecule has 0 aliphatic carbocycles. The molecule has 0 aliphatic heterocycles. The third-order valence-electron chi connectivity index (χ3n) is 2.77. The largest absolute Gasteiger partial charge is 0.330 e. The Hall–Kier alpha value is -1.68. The van der Waals surface area contributed by atoms with Gasteiger partial charge < -0.3 is 10.3 Å². The fourth-order valence-corrected chi connectivity index (χ4v) is 1.81. The number of hydrogen-bond donors (Lipinski definition) is 1. The molecule has 0 atom stereocenters. The molecule has 1 heterocycles. The van der Waals surface area contributed by atoms with Crippen molar-refractivity contribution >= 4 is 0 Å². The normalized spacial score (nSPS) is 11.1. The van der Waals surface area contributed by atoms with E-state index >= 15 is 0 Å². The molecule has 2 aromatic rings. The molecule has 0 saturated carbocycles. The van der Waals surface area contributed by atoms with Crippen molar-refractivity contribution in [2.24, 2.45) is 5.73 Å². The first-order valence-corrected chi connectivity index (χ1v) is 5.91. The minimum absolute atomic E-state index is 0.365. The molecule has 1 aromatic heterocycles. The lowest BCUT2D eigenvalue weighted by atomic mass is 10.1. The number of nitrogens with zero attached hydrogens (tertiary/aromatic N) is 3. The third-order valence-corrected chi connectivity index (χ3v) is 2.77. The lowest BCUT2D eigenvalue weighted by Gasteiger charge is -2.10. The van der Waals surface area contributed by atoms with Crippen LogP contribution in [0.1, 0.15) is 25.5 Å². The summed E-state index contributed by atoms with van der Waals surface area (Å²) < 4.78 is 2.07. The van der Waals surface area contributed by atoms with Crippen LogP contribution in [0.5, 0.6) is 0 Å². The van der Waals surface area contributed by atoms with E-state index in [2.05, 4.69) is 52.9 Å². The summed E-state index contributed by atoms with van der Waals surface area (Å²) in [5.74, 6) is 0.916. The molecule has 0 aliphatic rings. The highest BCUT2D eigenvalue weighted by Crippen LogP contribution is 2.20. The van der Waals surface area contributed by atoms with Crippen LogP contribution in [0.4, 0.5) is 0 Å². The Kier molecular flexibility index (Phi) is 3.54. The minimum atomic E-state index is 0.365. The molecule has 0 amide bonds. The monoisotopic (exact) mass is 230 g/mol. The van der Waals surface area contributed by atoms with Crippen molar-refractivity contribution < 1.29 is 0 Å². The molecule has 0 spiro atoms. The molecule has 17 heavy (non-hydrogen) atoms. The number of hydrogen-bond acceptors (Lipinski definition) is 3. The van der Waals surface area contributed by atoms with Gasteiger partial charge in [-0.3, -0.25) is 0 Å². The molecule has 0 unspecified atom stereocenters. The molecule has 4 nitrogen and oxygen atoms in total. The van der Waals surface area contributed by atoms with E-state index in [1.165, 1.54) is 5.56 Å². The van der Waals surface area contributed by atoms with E-state index in [9.17, 15) is 0 Å². The number of aromatic nitrogens is 3. The van der Waals surface area contributed by atoms with E-state index in [0.717, 1.165) is 17.8 Å². The van der Waals surface area contributed by atoms with Crippen LogP contribution in [-0.2, 0) is 6.42 Å². The van der Waals surface area contributed by atoms with Crippen molar-refractivity contribution in [3.63, 3.8) is 0 Å². The van der Waals surface area contributed by atoms with Crippen molar-refractivity contribution in [2.75, 3.05) is 6.54 Å². The van der Waals surface area contributed by atoms with Crippen molar-refractivity contribution in [1.29, 1.82) is 0 Å². The van der Waals surface area contributed by atoms with Gasteiger partial charge >= 0.3 is 0 Å². The lowest BCUT2D eigenvalue weighted by Crippen LogP contribution is -2.03. The first-order valence-electron chi connectivity index (χ1n) is 5.91. The fraction of sp³-hybridized carbons (Fsp3) is 0.385. The van der Waals surface area contributed by atoms with Gasteiger partial charge in [-0.25, -0.2) is 0 Å². The summed E-state index contributed by atoms with van der Waals surface area (Å²) in [6.07, 6.45) is 2.69.